The number of fused-ring (bicyclic) bond motifs is 2. The number of halogens is 1. The average Bonchev–Trinajstić information content (AvgIpc) is 3.23. The highest BCUT2D eigenvalue weighted by molar-refractivity contribution is 14.0. The minimum atomic E-state index is 0. The van der Waals surface area contributed by atoms with Crippen LogP contribution in [-0.4, -0.2) is 52.6 Å². The Morgan fingerprint density at radius 2 is 2.07 bits per heavy atom. The largest absolute Gasteiger partial charge is 0.377 e. The molecule has 2 fully saturated rings. The summed E-state index contributed by atoms with van der Waals surface area (Å²) in [4.78, 5) is 9.16. The zero-order valence-corrected chi connectivity index (χ0v) is 19.4. The molecule has 152 valence electrons. The summed E-state index contributed by atoms with van der Waals surface area (Å²) in [6.45, 7) is 10.6. The normalized spacial score (nSPS) is 31.6. The summed E-state index contributed by atoms with van der Waals surface area (Å²) in [5.41, 5.74) is 0.149. The van der Waals surface area contributed by atoms with Crippen LogP contribution in [0, 0.1) is 11.3 Å². The molecule has 0 bridgehead atoms. The first-order valence-corrected chi connectivity index (χ1v) is 9.95. The van der Waals surface area contributed by atoms with E-state index in [-0.39, 0.29) is 29.4 Å². The molecule has 8 heteroatoms. The zero-order valence-electron chi connectivity index (χ0n) is 17.0. The van der Waals surface area contributed by atoms with Gasteiger partial charge in [0, 0.05) is 49.4 Å². The monoisotopic (exact) mass is 488 g/mol. The van der Waals surface area contributed by atoms with Crippen molar-refractivity contribution in [1.82, 2.24) is 25.4 Å². The van der Waals surface area contributed by atoms with Gasteiger partial charge in [-0.2, -0.15) is 5.10 Å². The number of nitrogens with one attached hydrogen (secondary N) is 2. The quantitative estimate of drug-likeness (QED) is 0.388. The van der Waals surface area contributed by atoms with Gasteiger partial charge >= 0.3 is 0 Å². The molecule has 1 aromatic heterocycles. The second-order valence-electron chi connectivity index (χ2n) is 8.86. The van der Waals surface area contributed by atoms with E-state index in [9.17, 15) is 0 Å². The van der Waals surface area contributed by atoms with Crippen molar-refractivity contribution in [1.29, 1.82) is 0 Å². The second-order valence-corrected chi connectivity index (χ2v) is 8.86. The molecule has 7 nitrogen and oxygen atoms in total. The lowest BCUT2D eigenvalue weighted by atomic mass is 9.57. The summed E-state index contributed by atoms with van der Waals surface area (Å²) in [5.74, 6) is 3.93. The molecule has 0 amide bonds. The van der Waals surface area contributed by atoms with Gasteiger partial charge in [0.15, 0.2) is 11.8 Å². The third-order valence-electron chi connectivity index (χ3n) is 6.35. The zero-order chi connectivity index (χ0) is 18.5. The SMILES string of the molecule is CN=C(NC1CCc2nc(C(C)C)nn2C1)NC1C2CCOC2C1(C)C.I. The van der Waals surface area contributed by atoms with Crippen molar-refractivity contribution >= 4 is 29.9 Å². The van der Waals surface area contributed by atoms with Crippen LogP contribution in [0.5, 0.6) is 0 Å². The van der Waals surface area contributed by atoms with Gasteiger partial charge < -0.3 is 15.4 Å². The Bertz CT molecular complexity index is 700. The Morgan fingerprint density at radius 1 is 1.30 bits per heavy atom. The minimum absolute atomic E-state index is 0. The van der Waals surface area contributed by atoms with E-state index < -0.39 is 0 Å². The van der Waals surface area contributed by atoms with Crippen LogP contribution in [-0.2, 0) is 17.7 Å². The molecule has 0 spiro atoms. The molecule has 1 aromatic rings. The first-order valence-electron chi connectivity index (χ1n) is 9.95. The number of nitrogens with zero attached hydrogens (tertiary/aromatic N) is 4. The summed E-state index contributed by atoms with van der Waals surface area (Å²) < 4.78 is 7.97. The van der Waals surface area contributed by atoms with Crippen molar-refractivity contribution in [2.24, 2.45) is 16.3 Å². The van der Waals surface area contributed by atoms with Crippen molar-refractivity contribution in [3.05, 3.63) is 11.6 Å². The highest BCUT2D eigenvalue weighted by Gasteiger charge is 2.59. The van der Waals surface area contributed by atoms with Crippen molar-refractivity contribution in [3.8, 4) is 0 Å². The number of rotatable bonds is 3. The molecule has 2 N–H and O–H groups in total. The van der Waals surface area contributed by atoms with Crippen molar-refractivity contribution in [3.63, 3.8) is 0 Å². The highest BCUT2D eigenvalue weighted by Crippen LogP contribution is 2.52. The van der Waals surface area contributed by atoms with Crippen molar-refractivity contribution in [2.45, 2.75) is 77.6 Å². The van der Waals surface area contributed by atoms with Crippen LogP contribution in [0.25, 0.3) is 0 Å². The Kier molecular flexibility index (Phi) is 6.05. The fourth-order valence-electron chi connectivity index (χ4n) is 4.82. The maximum atomic E-state index is 5.90. The molecule has 1 saturated carbocycles. The fraction of sp³-hybridized carbons (Fsp3) is 0.842. The molecule has 1 saturated heterocycles. The fourth-order valence-corrected chi connectivity index (χ4v) is 4.82. The lowest BCUT2D eigenvalue weighted by molar-refractivity contribution is -0.106. The topological polar surface area (TPSA) is 76.4 Å². The lowest BCUT2D eigenvalue weighted by Gasteiger charge is -2.55. The smallest absolute Gasteiger partial charge is 0.191 e. The average molecular weight is 488 g/mol. The maximum absolute atomic E-state index is 5.90. The number of hydrogen-bond donors (Lipinski definition) is 2. The van der Waals surface area contributed by atoms with Crippen molar-refractivity contribution in [2.75, 3.05) is 13.7 Å². The van der Waals surface area contributed by atoms with E-state index in [0.717, 1.165) is 50.0 Å². The van der Waals surface area contributed by atoms with Crippen LogP contribution in [0.1, 0.15) is 58.1 Å². The van der Waals surface area contributed by atoms with E-state index >= 15 is 0 Å². The van der Waals surface area contributed by atoms with Crippen LogP contribution in [0.15, 0.2) is 4.99 Å². The molecular formula is C19H33IN6O. The third kappa shape index (κ3) is 3.71. The van der Waals surface area contributed by atoms with Gasteiger partial charge in [-0.3, -0.25) is 4.99 Å². The minimum Gasteiger partial charge on any atom is -0.377 e. The first-order chi connectivity index (χ1) is 12.4. The molecule has 1 aliphatic carbocycles. The molecule has 0 radical (unpaired) electrons. The Labute approximate surface area is 179 Å². The summed E-state index contributed by atoms with van der Waals surface area (Å²) >= 11 is 0. The standard InChI is InChI=1S/C19H32N6O.HI/c1-11(2)17-22-14-7-6-12(10-25(14)24-17)21-18(20-5)23-15-13-8-9-26-16(13)19(15,3)4;/h11-13,15-16H,6-10H2,1-5H3,(H2,20,21,23);1H. The first kappa shape index (κ1) is 20.8. The van der Waals surface area contributed by atoms with Crippen LogP contribution in [0.3, 0.4) is 0 Å². The van der Waals surface area contributed by atoms with Gasteiger partial charge in [0.1, 0.15) is 5.82 Å². The van der Waals surface area contributed by atoms with E-state index in [2.05, 4.69) is 58.1 Å². The molecule has 3 aliphatic rings. The molecule has 4 atom stereocenters. The van der Waals surface area contributed by atoms with E-state index in [4.69, 9.17) is 4.74 Å². The highest BCUT2D eigenvalue weighted by atomic mass is 127. The van der Waals surface area contributed by atoms with E-state index in [1.54, 1.807) is 0 Å². The van der Waals surface area contributed by atoms with Gasteiger partial charge in [0.2, 0.25) is 0 Å². The number of aryl methyl sites for hydroxylation is 1. The Hall–Kier alpha value is -0.900. The summed E-state index contributed by atoms with van der Waals surface area (Å²) in [6, 6.07) is 0.744. The number of aromatic nitrogens is 3. The number of hydrogen-bond acceptors (Lipinski definition) is 4. The lowest BCUT2D eigenvalue weighted by Crippen LogP contribution is -2.68. The molecular weight excluding hydrogens is 455 g/mol. The summed E-state index contributed by atoms with van der Waals surface area (Å²) in [7, 11) is 1.85. The summed E-state index contributed by atoms with van der Waals surface area (Å²) in [5, 5.41) is 12.0. The van der Waals surface area contributed by atoms with E-state index in [1.807, 2.05) is 7.05 Å². The molecule has 4 rings (SSSR count). The maximum Gasteiger partial charge on any atom is 0.191 e. The molecule has 2 aliphatic heterocycles. The van der Waals surface area contributed by atoms with Crippen molar-refractivity contribution < 1.29 is 4.74 Å². The van der Waals surface area contributed by atoms with Crippen LogP contribution < -0.4 is 10.6 Å². The number of aliphatic imine (C=N–C) groups is 1. The van der Waals surface area contributed by atoms with Gasteiger partial charge in [-0.25, -0.2) is 9.67 Å². The van der Waals surface area contributed by atoms with Crippen LogP contribution in [0.4, 0.5) is 0 Å². The molecule has 4 unspecified atom stereocenters. The predicted octanol–water partition coefficient (Wildman–Crippen LogP) is 2.31. The number of guanidine groups is 1. The third-order valence-corrected chi connectivity index (χ3v) is 6.35. The predicted molar refractivity (Wildman–Crippen MR) is 117 cm³/mol. The summed E-state index contributed by atoms with van der Waals surface area (Å²) in [6.07, 6.45) is 3.55. The van der Waals surface area contributed by atoms with E-state index in [1.165, 1.54) is 0 Å². The van der Waals surface area contributed by atoms with Crippen LogP contribution in [0.2, 0.25) is 0 Å². The Morgan fingerprint density at radius 3 is 2.78 bits per heavy atom. The Balaban J connectivity index is 0.00000210. The van der Waals surface area contributed by atoms with Gasteiger partial charge in [-0.05, 0) is 12.8 Å². The van der Waals surface area contributed by atoms with Gasteiger partial charge in [0.05, 0.1) is 12.6 Å². The molecule has 0 aromatic carbocycles. The molecule has 27 heavy (non-hydrogen) atoms. The van der Waals surface area contributed by atoms with Gasteiger partial charge in [-0.15, -0.1) is 24.0 Å². The van der Waals surface area contributed by atoms with Gasteiger partial charge in [-0.1, -0.05) is 27.7 Å². The second kappa shape index (κ2) is 7.85. The van der Waals surface area contributed by atoms with Crippen LogP contribution >= 0.6 is 24.0 Å². The molecule has 3 heterocycles. The number of ether oxygens (including phenoxy) is 1. The van der Waals surface area contributed by atoms with E-state index in [0.29, 0.717) is 30.0 Å². The van der Waals surface area contributed by atoms with Gasteiger partial charge in [0.25, 0.3) is 0 Å².